The van der Waals surface area contributed by atoms with E-state index >= 15 is 0 Å². The molecule has 0 bridgehead atoms. The Kier molecular flexibility index (Phi) is 8.23. The fourth-order valence-corrected chi connectivity index (χ4v) is 3.89. The molecular weight excluding hydrogens is 318 g/mol. The molecule has 0 aliphatic heterocycles. The first kappa shape index (κ1) is 22.8. The monoisotopic (exact) mass is 357 g/mol. The highest BCUT2D eigenvalue weighted by atomic mass is 28.4. The summed E-state index contributed by atoms with van der Waals surface area (Å²) in [6.45, 7) is 20.2. The zero-order valence-corrected chi connectivity index (χ0v) is 18.9. The van der Waals surface area contributed by atoms with Crippen LogP contribution in [-0.4, -0.2) is 28.0 Å². The first-order chi connectivity index (χ1) is 10.1. The molecular formula is C18H39NO2Si2. The summed E-state index contributed by atoms with van der Waals surface area (Å²) in [4.78, 5) is 10.3. The van der Waals surface area contributed by atoms with Crippen LogP contribution in [-0.2, 0) is 4.43 Å². The van der Waals surface area contributed by atoms with Gasteiger partial charge in [0.05, 0.1) is 6.07 Å². The Balaban J connectivity index is 4.28. The number of nitriles is 1. The smallest absolute Gasteiger partial charge is 0.191 e. The molecule has 1 unspecified atom stereocenters. The van der Waals surface area contributed by atoms with Crippen LogP contribution in [0, 0.1) is 17.2 Å². The summed E-state index contributed by atoms with van der Waals surface area (Å²) < 4.78 is 6.18. The van der Waals surface area contributed by atoms with E-state index in [2.05, 4.69) is 53.8 Å². The first-order valence-corrected chi connectivity index (χ1v) is 14.8. The van der Waals surface area contributed by atoms with E-state index in [1.165, 1.54) is 0 Å². The van der Waals surface area contributed by atoms with Gasteiger partial charge in [-0.1, -0.05) is 41.0 Å². The molecule has 0 rings (SSSR count). The standard InChI is InChI=1S/C18H39NO2Si2/c1-17(2,3)23(8,9)21-14-12-16(15-19)11-10-13-18(4,5)22(6,7)20/h16,20H,10-14H2,1-9H3. The number of hydrogen-bond donors (Lipinski definition) is 1. The highest BCUT2D eigenvalue weighted by Crippen LogP contribution is 2.40. The maximum atomic E-state index is 10.3. The van der Waals surface area contributed by atoms with Crippen LogP contribution in [0.4, 0.5) is 0 Å². The van der Waals surface area contributed by atoms with Crippen molar-refractivity contribution in [3.05, 3.63) is 0 Å². The molecule has 0 radical (unpaired) electrons. The molecule has 1 N–H and O–H groups in total. The minimum absolute atomic E-state index is 0.00461. The van der Waals surface area contributed by atoms with E-state index in [9.17, 15) is 10.1 Å². The number of rotatable bonds is 9. The average Bonchev–Trinajstić information content (AvgIpc) is 2.33. The highest BCUT2D eigenvalue weighted by molar-refractivity contribution is 6.74. The topological polar surface area (TPSA) is 53.2 Å². The summed E-state index contributed by atoms with van der Waals surface area (Å²) in [5, 5.41) is 9.59. The predicted octanol–water partition coefficient (Wildman–Crippen LogP) is 5.69. The van der Waals surface area contributed by atoms with Crippen LogP contribution in [0.3, 0.4) is 0 Å². The van der Waals surface area contributed by atoms with Gasteiger partial charge in [0, 0.05) is 12.5 Å². The third kappa shape index (κ3) is 7.51. The third-order valence-corrected chi connectivity index (χ3v) is 14.0. The summed E-state index contributed by atoms with van der Waals surface area (Å²) in [6, 6.07) is 2.44. The lowest BCUT2D eigenvalue weighted by molar-refractivity contribution is 0.263. The van der Waals surface area contributed by atoms with Crippen molar-refractivity contribution in [1.82, 2.24) is 0 Å². The van der Waals surface area contributed by atoms with Crippen LogP contribution in [0.1, 0.15) is 60.3 Å². The van der Waals surface area contributed by atoms with Crippen LogP contribution in [0.2, 0.25) is 36.3 Å². The molecule has 0 aliphatic rings. The fraction of sp³-hybridized carbons (Fsp3) is 0.944. The van der Waals surface area contributed by atoms with Crippen LogP contribution in [0.15, 0.2) is 0 Å². The maximum Gasteiger partial charge on any atom is 0.191 e. The Morgan fingerprint density at radius 3 is 1.96 bits per heavy atom. The molecule has 0 aromatic heterocycles. The lowest BCUT2D eigenvalue weighted by atomic mass is 9.97. The van der Waals surface area contributed by atoms with E-state index < -0.39 is 16.6 Å². The van der Waals surface area contributed by atoms with Crippen molar-refractivity contribution in [1.29, 1.82) is 5.26 Å². The lowest BCUT2D eigenvalue weighted by Crippen LogP contribution is -2.41. The van der Waals surface area contributed by atoms with Crippen LogP contribution in [0.5, 0.6) is 0 Å². The van der Waals surface area contributed by atoms with Gasteiger partial charge in [0.15, 0.2) is 16.6 Å². The molecule has 136 valence electrons. The van der Waals surface area contributed by atoms with E-state index in [4.69, 9.17) is 4.43 Å². The number of nitrogens with zero attached hydrogens (tertiary/aromatic N) is 1. The van der Waals surface area contributed by atoms with Crippen molar-refractivity contribution in [3.8, 4) is 6.07 Å². The van der Waals surface area contributed by atoms with Gasteiger partial charge in [-0.05, 0) is 55.5 Å². The molecule has 0 aliphatic carbocycles. The normalized spacial score (nSPS) is 15.3. The Hall–Kier alpha value is -0.156. The zero-order chi connectivity index (χ0) is 18.5. The molecule has 0 spiro atoms. The maximum absolute atomic E-state index is 10.3. The van der Waals surface area contributed by atoms with Gasteiger partial charge in [0.25, 0.3) is 0 Å². The van der Waals surface area contributed by atoms with Gasteiger partial charge in [-0.2, -0.15) is 5.26 Å². The molecule has 0 aromatic carbocycles. The van der Waals surface area contributed by atoms with Crippen molar-refractivity contribution in [2.45, 2.75) is 96.6 Å². The Morgan fingerprint density at radius 2 is 1.57 bits per heavy atom. The predicted molar refractivity (Wildman–Crippen MR) is 104 cm³/mol. The first-order valence-electron chi connectivity index (χ1n) is 8.90. The molecule has 1 atom stereocenters. The van der Waals surface area contributed by atoms with Crippen molar-refractivity contribution in [2.24, 2.45) is 5.92 Å². The minimum atomic E-state index is -2.14. The summed E-state index contributed by atoms with van der Waals surface area (Å²) >= 11 is 0. The average molecular weight is 358 g/mol. The fourth-order valence-electron chi connectivity index (χ4n) is 2.04. The van der Waals surface area contributed by atoms with Gasteiger partial charge in [-0.15, -0.1) is 0 Å². The largest absolute Gasteiger partial charge is 0.432 e. The second kappa shape index (κ2) is 8.29. The van der Waals surface area contributed by atoms with Gasteiger partial charge >= 0.3 is 0 Å². The zero-order valence-electron chi connectivity index (χ0n) is 16.9. The molecule has 5 heteroatoms. The van der Waals surface area contributed by atoms with Crippen molar-refractivity contribution >= 4 is 16.6 Å². The van der Waals surface area contributed by atoms with Crippen LogP contribution < -0.4 is 0 Å². The summed E-state index contributed by atoms with van der Waals surface area (Å²) in [5.41, 5.74) is 0. The quantitative estimate of drug-likeness (QED) is 0.540. The second-order valence-electron chi connectivity index (χ2n) is 9.56. The van der Waals surface area contributed by atoms with Crippen LogP contribution >= 0.6 is 0 Å². The molecule has 0 amide bonds. The van der Waals surface area contributed by atoms with E-state index in [1.54, 1.807) is 0 Å². The van der Waals surface area contributed by atoms with E-state index in [1.807, 2.05) is 13.1 Å². The van der Waals surface area contributed by atoms with Gasteiger partial charge in [-0.3, -0.25) is 0 Å². The SMILES string of the molecule is CC(C)(CCCC(C#N)CCO[Si](C)(C)C(C)(C)C)[Si](C)(C)O. The molecule has 3 nitrogen and oxygen atoms in total. The van der Waals surface area contributed by atoms with Gasteiger partial charge in [-0.25, -0.2) is 0 Å². The molecule has 23 heavy (non-hydrogen) atoms. The third-order valence-electron chi connectivity index (χ3n) is 5.93. The molecule has 0 fully saturated rings. The highest BCUT2D eigenvalue weighted by Gasteiger charge is 2.38. The van der Waals surface area contributed by atoms with Crippen LogP contribution in [0.25, 0.3) is 0 Å². The Labute approximate surface area is 146 Å². The van der Waals surface area contributed by atoms with Crippen molar-refractivity contribution in [2.75, 3.05) is 6.61 Å². The Morgan fingerprint density at radius 1 is 1.04 bits per heavy atom. The van der Waals surface area contributed by atoms with Gasteiger partial charge < -0.3 is 9.22 Å². The van der Waals surface area contributed by atoms with E-state index in [0.29, 0.717) is 6.61 Å². The van der Waals surface area contributed by atoms with Crippen molar-refractivity contribution in [3.63, 3.8) is 0 Å². The summed E-state index contributed by atoms with van der Waals surface area (Å²) in [6.07, 6.45) is 3.72. The molecule has 0 saturated heterocycles. The van der Waals surface area contributed by atoms with Gasteiger partial charge in [0.2, 0.25) is 0 Å². The Bertz CT molecular complexity index is 369. The molecule has 0 heterocycles. The summed E-state index contributed by atoms with van der Waals surface area (Å²) in [5.74, 6) is 0.0686. The second-order valence-corrected chi connectivity index (χ2v) is 18.8. The van der Waals surface area contributed by atoms with E-state index in [-0.39, 0.29) is 16.0 Å². The lowest BCUT2D eigenvalue weighted by Gasteiger charge is -2.36. The number of hydrogen-bond acceptors (Lipinski definition) is 3. The molecule has 0 saturated carbocycles. The minimum Gasteiger partial charge on any atom is -0.432 e. The van der Waals surface area contributed by atoms with E-state index in [0.717, 1.165) is 25.7 Å². The van der Waals surface area contributed by atoms with Gasteiger partial charge in [0.1, 0.15) is 0 Å². The van der Waals surface area contributed by atoms with Crippen molar-refractivity contribution < 1.29 is 9.22 Å². The molecule has 0 aromatic rings. The summed E-state index contributed by atoms with van der Waals surface area (Å²) in [7, 11) is -3.85.